The van der Waals surface area contributed by atoms with Crippen LogP contribution in [0.15, 0.2) is 61.2 Å². The standard InChI is InChI=1S/C32H41N3O7/c1-7-8-17-42-35(28(20(4)5)29(36)34-27(19(2)3)31(38)39)30(37)21(6)33-32(40)41-18-26-24-15-11-9-13-22(24)23-14-10-12-16-25(23)26/h7,9-16,19-21,26-28H,1,8,17-18H2,2-6H3,(H,33,40)(H,34,36)(H,38,39)/t21-,27-,28-/m0/s1. The molecule has 3 atom stereocenters. The number of carbonyl (C=O) groups excluding carboxylic acids is 3. The van der Waals surface area contributed by atoms with Crippen molar-refractivity contribution in [3.8, 4) is 11.1 Å². The molecule has 0 fully saturated rings. The zero-order valence-electron chi connectivity index (χ0n) is 24.8. The van der Waals surface area contributed by atoms with Crippen LogP contribution in [0.5, 0.6) is 0 Å². The monoisotopic (exact) mass is 579 g/mol. The van der Waals surface area contributed by atoms with E-state index in [0.717, 1.165) is 27.3 Å². The van der Waals surface area contributed by atoms with Crippen LogP contribution in [0, 0.1) is 11.8 Å². The molecule has 10 heteroatoms. The molecule has 42 heavy (non-hydrogen) atoms. The Morgan fingerprint density at radius 3 is 2.00 bits per heavy atom. The summed E-state index contributed by atoms with van der Waals surface area (Å²) in [6.07, 6.45) is 1.21. The number of carbonyl (C=O) groups is 4. The minimum Gasteiger partial charge on any atom is -0.480 e. The number of carboxylic acids is 1. The van der Waals surface area contributed by atoms with Crippen LogP contribution in [0.2, 0.25) is 0 Å². The van der Waals surface area contributed by atoms with Gasteiger partial charge in [-0.25, -0.2) is 14.7 Å². The van der Waals surface area contributed by atoms with Crippen molar-refractivity contribution < 1.29 is 33.9 Å². The van der Waals surface area contributed by atoms with Gasteiger partial charge in [0.1, 0.15) is 24.7 Å². The van der Waals surface area contributed by atoms with Gasteiger partial charge in [-0.05, 0) is 47.4 Å². The average Bonchev–Trinajstić information content (AvgIpc) is 3.27. The Morgan fingerprint density at radius 2 is 1.50 bits per heavy atom. The van der Waals surface area contributed by atoms with Gasteiger partial charge in [0, 0.05) is 5.92 Å². The van der Waals surface area contributed by atoms with E-state index in [-0.39, 0.29) is 25.0 Å². The van der Waals surface area contributed by atoms with Gasteiger partial charge in [0.15, 0.2) is 0 Å². The molecule has 0 aliphatic heterocycles. The van der Waals surface area contributed by atoms with Crippen molar-refractivity contribution in [1.29, 1.82) is 0 Å². The zero-order chi connectivity index (χ0) is 31.0. The number of benzene rings is 2. The van der Waals surface area contributed by atoms with E-state index in [1.54, 1.807) is 33.8 Å². The Morgan fingerprint density at radius 1 is 0.929 bits per heavy atom. The van der Waals surface area contributed by atoms with E-state index in [0.29, 0.717) is 6.42 Å². The Labute approximate surface area is 247 Å². The Bertz CT molecular complexity index is 1250. The lowest BCUT2D eigenvalue weighted by Crippen LogP contribution is -2.59. The molecular weight excluding hydrogens is 538 g/mol. The minimum atomic E-state index is -1.18. The normalized spacial score (nSPS) is 14.4. The minimum absolute atomic E-state index is 0.0515. The van der Waals surface area contributed by atoms with E-state index in [2.05, 4.69) is 17.2 Å². The summed E-state index contributed by atoms with van der Waals surface area (Å²) < 4.78 is 5.58. The molecule has 0 radical (unpaired) electrons. The molecule has 0 saturated carbocycles. The lowest BCUT2D eigenvalue weighted by atomic mass is 9.98. The third kappa shape index (κ3) is 7.55. The first-order valence-corrected chi connectivity index (χ1v) is 14.2. The van der Waals surface area contributed by atoms with Crippen molar-refractivity contribution in [2.75, 3.05) is 13.2 Å². The van der Waals surface area contributed by atoms with Gasteiger partial charge in [0.05, 0.1) is 6.61 Å². The van der Waals surface area contributed by atoms with Gasteiger partial charge in [-0.3, -0.25) is 14.4 Å². The molecule has 0 aromatic heterocycles. The largest absolute Gasteiger partial charge is 0.480 e. The molecule has 1 aliphatic rings. The SMILES string of the molecule is C=CCCON(C(=O)[C@H](C)NC(=O)OCC1c2ccccc2-c2ccccc21)[C@H](C(=O)N[C@H](C(=O)O)C(C)C)C(C)C. The molecule has 2 aromatic carbocycles. The van der Waals surface area contributed by atoms with Gasteiger partial charge >= 0.3 is 12.1 Å². The number of carboxylic acid groups (broad SMARTS) is 1. The van der Waals surface area contributed by atoms with Gasteiger partial charge in [0.2, 0.25) is 5.91 Å². The number of rotatable bonds is 14. The van der Waals surface area contributed by atoms with Crippen molar-refractivity contribution in [3.05, 3.63) is 72.3 Å². The molecule has 0 spiro atoms. The number of hydrogen-bond donors (Lipinski definition) is 3. The number of hydrogen-bond acceptors (Lipinski definition) is 6. The highest BCUT2D eigenvalue weighted by Gasteiger charge is 2.38. The molecule has 3 N–H and O–H groups in total. The number of amides is 3. The first kappa shape index (κ1) is 32.3. The molecule has 1 aliphatic carbocycles. The fourth-order valence-corrected chi connectivity index (χ4v) is 5.02. The van der Waals surface area contributed by atoms with Crippen molar-refractivity contribution in [1.82, 2.24) is 15.7 Å². The second-order valence-electron chi connectivity index (χ2n) is 11.0. The highest BCUT2D eigenvalue weighted by Crippen LogP contribution is 2.44. The van der Waals surface area contributed by atoms with Gasteiger partial charge in [-0.2, -0.15) is 0 Å². The van der Waals surface area contributed by atoms with Crippen molar-refractivity contribution in [2.45, 2.75) is 65.1 Å². The van der Waals surface area contributed by atoms with Crippen molar-refractivity contribution in [2.24, 2.45) is 11.8 Å². The van der Waals surface area contributed by atoms with Crippen LogP contribution in [0.4, 0.5) is 4.79 Å². The van der Waals surface area contributed by atoms with Crippen molar-refractivity contribution >= 4 is 23.9 Å². The van der Waals surface area contributed by atoms with Crippen LogP contribution >= 0.6 is 0 Å². The Kier molecular flexibility index (Phi) is 11.3. The number of nitrogens with one attached hydrogen (secondary N) is 2. The first-order chi connectivity index (χ1) is 20.0. The maximum atomic E-state index is 13.6. The fourth-order valence-electron chi connectivity index (χ4n) is 5.02. The molecule has 0 unspecified atom stereocenters. The van der Waals surface area contributed by atoms with Gasteiger partial charge < -0.3 is 20.5 Å². The molecule has 3 amide bonds. The number of alkyl carbamates (subject to hydrolysis) is 1. The number of ether oxygens (including phenoxy) is 1. The molecule has 3 rings (SSSR count). The van der Waals surface area contributed by atoms with Crippen LogP contribution in [0.3, 0.4) is 0 Å². The van der Waals surface area contributed by atoms with Gasteiger partial charge in [0.25, 0.3) is 5.91 Å². The molecule has 0 heterocycles. The Hall–Kier alpha value is -4.18. The van der Waals surface area contributed by atoms with Crippen LogP contribution in [-0.2, 0) is 24.0 Å². The Balaban J connectivity index is 1.72. The van der Waals surface area contributed by atoms with Crippen LogP contribution in [0.1, 0.15) is 58.1 Å². The summed E-state index contributed by atoms with van der Waals surface area (Å²) in [4.78, 5) is 57.2. The predicted molar refractivity (Wildman–Crippen MR) is 158 cm³/mol. The summed E-state index contributed by atoms with van der Waals surface area (Å²) in [5.74, 6) is -3.52. The number of aliphatic carboxylic acids is 1. The van der Waals surface area contributed by atoms with E-state index in [4.69, 9.17) is 9.57 Å². The number of nitrogens with zero attached hydrogens (tertiary/aromatic N) is 1. The predicted octanol–water partition coefficient (Wildman–Crippen LogP) is 4.50. The van der Waals surface area contributed by atoms with E-state index < -0.39 is 47.9 Å². The van der Waals surface area contributed by atoms with E-state index >= 15 is 0 Å². The first-order valence-electron chi connectivity index (χ1n) is 14.2. The zero-order valence-corrected chi connectivity index (χ0v) is 24.8. The maximum absolute atomic E-state index is 13.6. The molecule has 2 aromatic rings. The van der Waals surface area contributed by atoms with E-state index in [9.17, 15) is 24.3 Å². The maximum Gasteiger partial charge on any atom is 0.407 e. The second kappa shape index (κ2) is 14.6. The smallest absolute Gasteiger partial charge is 0.407 e. The molecule has 0 saturated heterocycles. The molecule has 10 nitrogen and oxygen atoms in total. The topological polar surface area (TPSA) is 134 Å². The number of fused-ring (bicyclic) bond motifs is 3. The summed E-state index contributed by atoms with van der Waals surface area (Å²) in [7, 11) is 0. The third-order valence-corrected chi connectivity index (χ3v) is 7.20. The van der Waals surface area contributed by atoms with E-state index in [1.165, 1.54) is 6.92 Å². The molecule has 0 bridgehead atoms. The number of hydroxylamine groups is 2. The summed E-state index contributed by atoms with van der Waals surface area (Å²) in [5, 5.41) is 15.6. The second-order valence-corrected chi connectivity index (χ2v) is 11.0. The van der Waals surface area contributed by atoms with Crippen molar-refractivity contribution in [3.63, 3.8) is 0 Å². The highest BCUT2D eigenvalue weighted by atomic mass is 16.7. The van der Waals surface area contributed by atoms with Crippen LogP contribution in [-0.4, -0.2) is 65.4 Å². The highest BCUT2D eigenvalue weighted by molar-refractivity contribution is 5.92. The van der Waals surface area contributed by atoms with Crippen LogP contribution in [0.25, 0.3) is 11.1 Å². The van der Waals surface area contributed by atoms with E-state index in [1.807, 2.05) is 48.5 Å². The lowest BCUT2D eigenvalue weighted by molar-refractivity contribution is -0.207. The molecular formula is C32H41N3O7. The summed E-state index contributed by atoms with van der Waals surface area (Å²) >= 11 is 0. The quantitative estimate of drug-likeness (QED) is 0.170. The van der Waals surface area contributed by atoms with Gasteiger partial charge in [-0.15, -0.1) is 6.58 Å². The summed E-state index contributed by atoms with van der Waals surface area (Å²) in [5.41, 5.74) is 4.31. The lowest BCUT2D eigenvalue weighted by Gasteiger charge is -2.34. The summed E-state index contributed by atoms with van der Waals surface area (Å²) in [6, 6.07) is 12.5. The molecule has 226 valence electrons. The summed E-state index contributed by atoms with van der Waals surface area (Å²) in [6.45, 7) is 12.0. The third-order valence-electron chi connectivity index (χ3n) is 7.20. The van der Waals surface area contributed by atoms with Gasteiger partial charge in [-0.1, -0.05) is 82.3 Å². The fraction of sp³-hybridized carbons (Fsp3) is 0.438. The average molecular weight is 580 g/mol. The van der Waals surface area contributed by atoms with Crippen LogP contribution < -0.4 is 10.6 Å².